The van der Waals surface area contributed by atoms with Gasteiger partial charge in [-0.15, -0.1) is 11.3 Å². The monoisotopic (exact) mass is 264 g/mol. The van der Waals surface area contributed by atoms with Crippen LogP contribution in [0.3, 0.4) is 0 Å². The Labute approximate surface area is 106 Å². The lowest BCUT2D eigenvalue weighted by molar-refractivity contribution is -0.131. The Kier molecular flexibility index (Phi) is 3.54. The fraction of sp³-hybridized carbons (Fsp3) is 0. The van der Waals surface area contributed by atoms with Crippen molar-refractivity contribution >= 4 is 35.0 Å². The molecule has 0 bridgehead atoms. The number of nitrogens with zero attached hydrogens (tertiary/aromatic N) is 1. The van der Waals surface area contributed by atoms with E-state index in [2.05, 4.69) is 15.0 Å². The molecule has 6 nitrogen and oxygen atoms in total. The van der Waals surface area contributed by atoms with Crippen molar-refractivity contribution in [2.24, 2.45) is 0 Å². The standard InChI is InChI=1S/C11H8N2O4S/c14-9(15)2-1-7-3-4-18-10(7)11(16)13-8-5-12-17-6-8/h1-6H,(H,13,16)(H,14,15). The molecule has 0 radical (unpaired) electrons. The molecule has 2 aromatic heterocycles. The van der Waals surface area contributed by atoms with Crippen molar-refractivity contribution in [2.45, 2.75) is 0 Å². The molecule has 0 saturated carbocycles. The summed E-state index contributed by atoms with van der Waals surface area (Å²) in [6, 6.07) is 1.67. The zero-order valence-electron chi connectivity index (χ0n) is 8.99. The summed E-state index contributed by atoms with van der Waals surface area (Å²) in [4.78, 5) is 22.7. The molecule has 18 heavy (non-hydrogen) atoms. The van der Waals surface area contributed by atoms with Crippen LogP contribution in [-0.2, 0) is 4.79 Å². The van der Waals surface area contributed by atoms with Crippen LogP contribution in [0.25, 0.3) is 6.08 Å². The van der Waals surface area contributed by atoms with E-state index in [1.165, 1.54) is 29.9 Å². The lowest BCUT2D eigenvalue weighted by atomic mass is 10.2. The summed E-state index contributed by atoms with van der Waals surface area (Å²) < 4.78 is 4.59. The number of hydrogen-bond donors (Lipinski definition) is 2. The first-order valence-corrected chi connectivity index (χ1v) is 5.74. The van der Waals surface area contributed by atoms with Gasteiger partial charge >= 0.3 is 5.97 Å². The second-order valence-corrected chi connectivity index (χ2v) is 4.16. The average molecular weight is 264 g/mol. The van der Waals surface area contributed by atoms with Crippen molar-refractivity contribution in [2.75, 3.05) is 5.32 Å². The van der Waals surface area contributed by atoms with E-state index in [-0.39, 0.29) is 5.91 Å². The molecule has 2 heterocycles. The molecule has 0 saturated heterocycles. The van der Waals surface area contributed by atoms with Gasteiger partial charge in [0.2, 0.25) is 0 Å². The molecule has 2 rings (SSSR count). The largest absolute Gasteiger partial charge is 0.478 e. The minimum Gasteiger partial charge on any atom is -0.478 e. The van der Waals surface area contributed by atoms with E-state index in [9.17, 15) is 9.59 Å². The van der Waals surface area contributed by atoms with Crippen molar-refractivity contribution in [3.05, 3.63) is 40.4 Å². The number of anilines is 1. The third kappa shape index (κ3) is 2.83. The zero-order chi connectivity index (χ0) is 13.0. The molecule has 0 aliphatic carbocycles. The number of hydrogen-bond acceptors (Lipinski definition) is 5. The Morgan fingerprint density at radius 1 is 1.50 bits per heavy atom. The van der Waals surface area contributed by atoms with Crippen LogP contribution in [0.5, 0.6) is 0 Å². The van der Waals surface area contributed by atoms with E-state index in [4.69, 9.17) is 5.11 Å². The van der Waals surface area contributed by atoms with Crippen LogP contribution in [0.15, 0.2) is 34.5 Å². The number of aliphatic carboxylic acids is 1. The molecule has 0 unspecified atom stereocenters. The van der Waals surface area contributed by atoms with E-state index >= 15 is 0 Å². The average Bonchev–Trinajstić information content (AvgIpc) is 2.96. The van der Waals surface area contributed by atoms with Crippen LogP contribution < -0.4 is 5.32 Å². The van der Waals surface area contributed by atoms with Crippen LogP contribution in [0.2, 0.25) is 0 Å². The molecule has 0 atom stereocenters. The molecule has 92 valence electrons. The maximum absolute atomic E-state index is 11.9. The molecule has 0 aliphatic rings. The lowest BCUT2D eigenvalue weighted by Gasteiger charge is -2.00. The SMILES string of the molecule is O=C(O)C=Cc1ccsc1C(=O)Nc1cnoc1. The number of carboxylic acid groups (broad SMARTS) is 1. The van der Waals surface area contributed by atoms with Crippen molar-refractivity contribution in [3.8, 4) is 0 Å². The maximum atomic E-state index is 11.9. The molecular formula is C11H8N2O4S. The highest BCUT2D eigenvalue weighted by Gasteiger charge is 2.12. The highest BCUT2D eigenvalue weighted by atomic mass is 32.1. The summed E-state index contributed by atoms with van der Waals surface area (Å²) in [7, 11) is 0. The first-order valence-electron chi connectivity index (χ1n) is 4.86. The van der Waals surface area contributed by atoms with Crippen LogP contribution >= 0.6 is 11.3 Å². The van der Waals surface area contributed by atoms with Gasteiger partial charge in [-0.2, -0.15) is 0 Å². The second kappa shape index (κ2) is 5.28. The van der Waals surface area contributed by atoms with Gasteiger partial charge in [-0.25, -0.2) is 4.79 Å². The van der Waals surface area contributed by atoms with Gasteiger partial charge in [-0.05, 0) is 23.1 Å². The van der Waals surface area contributed by atoms with Gasteiger partial charge < -0.3 is 14.9 Å². The number of aromatic nitrogens is 1. The minimum absolute atomic E-state index is 0.335. The smallest absolute Gasteiger partial charge is 0.328 e. The summed E-state index contributed by atoms with van der Waals surface area (Å²) in [5.41, 5.74) is 0.998. The third-order valence-electron chi connectivity index (χ3n) is 2.00. The van der Waals surface area contributed by atoms with E-state index in [1.54, 1.807) is 11.4 Å². The Balaban J connectivity index is 2.16. The van der Waals surface area contributed by atoms with Gasteiger partial charge in [0.15, 0.2) is 0 Å². The van der Waals surface area contributed by atoms with E-state index < -0.39 is 5.97 Å². The lowest BCUT2D eigenvalue weighted by Crippen LogP contribution is -2.10. The van der Waals surface area contributed by atoms with Crippen LogP contribution in [0.4, 0.5) is 5.69 Å². The van der Waals surface area contributed by atoms with Gasteiger partial charge in [0, 0.05) is 6.08 Å². The van der Waals surface area contributed by atoms with Gasteiger partial charge in [-0.3, -0.25) is 4.79 Å². The summed E-state index contributed by atoms with van der Waals surface area (Å²) in [5, 5.41) is 16.3. The third-order valence-corrected chi connectivity index (χ3v) is 2.93. The second-order valence-electron chi connectivity index (χ2n) is 3.24. The molecule has 7 heteroatoms. The molecule has 0 aliphatic heterocycles. The van der Waals surface area contributed by atoms with E-state index in [1.807, 2.05) is 0 Å². The molecular weight excluding hydrogens is 256 g/mol. The molecule has 0 spiro atoms. The number of carboxylic acids is 1. The number of thiophene rings is 1. The fourth-order valence-electron chi connectivity index (χ4n) is 1.25. The zero-order valence-corrected chi connectivity index (χ0v) is 9.81. The number of rotatable bonds is 4. The summed E-state index contributed by atoms with van der Waals surface area (Å²) in [6.07, 6.45) is 5.04. The Morgan fingerprint density at radius 2 is 2.33 bits per heavy atom. The number of amides is 1. The molecule has 0 aromatic carbocycles. The molecule has 2 N–H and O–H groups in total. The van der Waals surface area contributed by atoms with Crippen LogP contribution in [-0.4, -0.2) is 22.1 Å². The van der Waals surface area contributed by atoms with Crippen molar-refractivity contribution in [1.82, 2.24) is 5.16 Å². The summed E-state index contributed by atoms with van der Waals surface area (Å²) in [5.74, 6) is -1.40. The van der Waals surface area contributed by atoms with Crippen molar-refractivity contribution < 1.29 is 19.2 Å². The molecule has 0 fully saturated rings. The summed E-state index contributed by atoms with van der Waals surface area (Å²) >= 11 is 1.22. The van der Waals surface area contributed by atoms with Crippen LogP contribution in [0.1, 0.15) is 15.2 Å². The van der Waals surface area contributed by atoms with E-state index in [0.717, 1.165) is 6.08 Å². The highest BCUT2D eigenvalue weighted by Crippen LogP contribution is 2.20. The number of nitrogens with one attached hydrogen (secondary N) is 1. The molecule has 2 aromatic rings. The fourth-order valence-corrected chi connectivity index (χ4v) is 2.03. The van der Waals surface area contributed by atoms with Gasteiger partial charge in [0.05, 0.1) is 11.1 Å². The van der Waals surface area contributed by atoms with Gasteiger partial charge in [0.25, 0.3) is 5.91 Å². The topological polar surface area (TPSA) is 92.4 Å². The number of carbonyl (C=O) groups is 2. The number of carbonyl (C=O) groups excluding carboxylic acids is 1. The quantitative estimate of drug-likeness (QED) is 0.825. The Bertz CT molecular complexity index is 586. The maximum Gasteiger partial charge on any atom is 0.328 e. The van der Waals surface area contributed by atoms with Gasteiger partial charge in [0.1, 0.15) is 12.0 Å². The molecule has 1 amide bonds. The van der Waals surface area contributed by atoms with Gasteiger partial charge in [-0.1, -0.05) is 5.16 Å². The van der Waals surface area contributed by atoms with Crippen molar-refractivity contribution in [3.63, 3.8) is 0 Å². The van der Waals surface area contributed by atoms with E-state index in [0.29, 0.717) is 16.1 Å². The van der Waals surface area contributed by atoms with Crippen LogP contribution in [0, 0.1) is 0 Å². The first kappa shape index (κ1) is 12.1. The minimum atomic E-state index is -1.06. The summed E-state index contributed by atoms with van der Waals surface area (Å²) in [6.45, 7) is 0. The highest BCUT2D eigenvalue weighted by molar-refractivity contribution is 7.12. The normalized spacial score (nSPS) is 10.7. The Hall–Kier alpha value is -2.41. The predicted octanol–water partition coefficient (Wildman–Crippen LogP) is 2.09. The van der Waals surface area contributed by atoms with Crippen molar-refractivity contribution in [1.29, 1.82) is 0 Å². The predicted molar refractivity (Wildman–Crippen MR) is 65.4 cm³/mol. The Morgan fingerprint density at radius 3 is 3.00 bits per heavy atom. The first-order chi connectivity index (χ1) is 8.66.